The van der Waals surface area contributed by atoms with Crippen molar-refractivity contribution in [1.29, 1.82) is 0 Å². The van der Waals surface area contributed by atoms with Gasteiger partial charge >= 0.3 is 5.97 Å². The number of carboxylic acid groups (broad SMARTS) is 1. The number of halogens is 1. The van der Waals surface area contributed by atoms with Gasteiger partial charge in [0.2, 0.25) is 0 Å². The molecule has 5 heteroatoms. The Balaban J connectivity index is 2.38. The van der Waals surface area contributed by atoms with Gasteiger partial charge in [-0.1, -0.05) is 31.2 Å². The van der Waals surface area contributed by atoms with Gasteiger partial charge in [0.1, 0.15) is 5.82 Å². The lowest BCUT2D eigenvalue weighted by molar-refractivity contribution is 0.0697. The van der Waals surface area contributed by atoms with Crippen LogP contribution in [0.1, 0.15) is 33.2 Å². The summed E-state index contributed by atoms with van der Waals surface area (Å²) in [5.41, 5.74) is 0.612. The van der Waals surface area contributed by atoms with Crippen LogP contribution in [-0.4, -0.2) is 17.0 Å². The summed E-state index contributed by atoms with van der Waals surface area (Å²) in [7, 11) is 0. The fourth-order valence-electron chi connectivity index (χ4n) is 2.06. The normalized spacial score (nSPS) is 10.2. The molecule has 4 nitrogen and oxygen atoms in total. The fraction of sp³-hybridized carbons (Fsp3) is 0.125. The summed E-state index contributed by atoms with van der Waals surface area (Å²) in [6, 6.07) is 10.6. The Morgan fingerprint density at radius 1 is 1.10 bits per heavy atom. The maximum atomic E-state index is 13.8. The molecule has 0 atom stereocenters. The van der Waals surface area contributed by atoms with Crippen LogP contribution in [0, 0.1) is 5.82 Å². The molecule has 2 rings (SSSR count). The number of carbonyl (C=O) groups excluding carboxylic acids is 1. The zero-order chi connectivity index (χ0) is 15.4. The van der Waals surface area contributed by atoms with Crippen molar-refractivity contribution < 1.29 is 19.1 Å². The van der Waals surface area contributed by atoms with Crippen LogP contribution >= 0.6 is 0 Å². The van der Waals surface area contributed by atoms with Gasteiger partial charge in [0.15, 0.2) is 0 Å². The molecule has 0 aliphatic carbocycles. The van der Waals surface area contributed by atoms with Crippen LogP contribution in [0.15, 0.2) is 42.5 Å². The predicted octanol–water partition coefficient (Wildman–Crippen LogP) is 3.34. The third-order valence-corrected chi connectivity index (χ3v) is 3.13. The second kappa shape index (κ2) is 6.17. The van der Waals surface area contributed by atoms with E-state index in [0.717, 1.165) is 11.6 Å². The molecule has 0 spiro atoms. The molecule has 108 valence electrons. The number of anilines is 1. The Labute approximate surface area is 121 Å². The third kappa shape index (κ3) is 3.08. The number of aromatic carboxylic acids is 1. The number of hydrogen-bond donors (Lipinski definition) is 2. The molecule has 0 aliphatic heterocycles. The minimum absolute atomic E-state index is 0.280. The van der Waals surface area contributed by atoms with Crippen molar-refractivity contribution in [3.63, 3.8) is 0 Å². The fourth-order valence-corrected chi connectivity index (χ4v) is 2.06. The summed E-state index contributed by atoms with van der Waals surface area (Å²) in [5, 5.41) is 11.4. The van der Waals surface area contributed by atoms with Gasteiger partial charge < -0.3 is 10.4 Å². The molecule has 0 saturated heterocycles. The van der Waals surface area contributed by atoms with Crippen molar-refractivity contribution in [1.82, 2.24) is 0 Å². The molecule has 0 saturated carbocycles. The lowest BCUT2D eigenvalue weighted by Crippen LogP contribution is -2.17. The number of carboxylic acids is 1. The summed E-state index contributed by atoms with van der Waals surface area (Å²) >= 11 is 0. The molecule has 0 unspecified atom stereocenters. The number of para-hydroxylation sites is 1. The Hall–Kier alpha value is -2.69. The maximum absolute atomic E-state index is 13.8. The van der Waals surface area contributed by atoms with E-state index in [4.69, 9.17) is 5.11 Å². The first-order valence-corrected chi connectivity index (χ1v) is 6.45. The molecule has 0 aliphatic rings. The van der Waals surface area contributed by atoms with Crippen LogP contribution in [0.4, 0.5) is 10.1 Å². The lowest BCUT2D eigenvalue weighted by atomic mass is 10.0. The zero-order valence-corrected chi connectivity index (χ0v) is 11.4. The molecule has 0 aromatic heterocycles. The third-order valence-electron chi connectivity index (χ3n) is 3.13. The molecule has 2 N–H and O–H groups in total. The molecule has 21 heavy (non-hydrogen) atoms. The molecule has 0 radical (unpaired) electrons. The van der Waals surface area contributed by atoms with E-state index in [2.05, 4.69) is 5.32 Å². The van der Waals surface area contributed by atoms with Gasteiger partial charge in [-0.2, -0.15) is 0 Å². The Kier molecular flexibility index (Phi) is 4.33. The number of nitrogens with one attached hydrogen (secondary N) is 1. The number of carbonyl (C=O) groups is 2. The van der Waals surface area contributed by atoms with E-state index in [1.165, 1.54) is 12.1 Å². The van der Waals surface area contributed by atoms with Crippen LogP contribution < -0.4 is 5.32 Å². The van der Waals surface area contributed by atoms with E-state index in [-0.39, 0.29) is 11.3 Å². The highest BCUT2D eigenvalue weighted by molar-refractivity contribution is 6.08. The molecule has 2 aromatic carbocycles. The number of amides is 1. The monoisotopic (exact) mass is 287 g/mol. The Bertz CT molecular complexity index is 698. The highest BCUT2D eigenvalue weighted by atomic mass is 19.1. The Morgan fingerprint density at radius 3 is 2.43 bits per heavy atom. The average Bonchev–Trinajstić information content (AvgIpc) is 2.48. The minimum Gasteiger partial charge on any atom is -0.478 e. The summed E-state index contributed by atoms with van der Waals surface area (Å²) < 4.78 is 13.8. The molecule has 0 bridgehead atoms. The zero-order valence-electron chi connectivity index (χ0n) is 11.4. The van der Waals surface area contributed by atoms with Crippen molar-refractivity contribution >= 4 is 17.6 Å². The highest BCUT2D eigenvalue weighted by Gasteiger charge is 2.18. The first-order valence-electron chi connectivity index (χ1n) is 6.45. The maximum Gasteiger partial charge on any atom is 0.337 e. The summed E-state index contributed by atoms with van der Waals surface area (Å²) in [4.78, 5) is 23.3. The number of benzene rings is 2. The molecule has 0 fully saturated rings. The van der Waals surface area contributed by atoms with Crippen molar-refractivity contribution in [3.05, 3.63) is 65.0 Å². The molecular formula is C16H14FNO3. The summed E-state index contributed by atoms with van der Waals surface area (Å²) in [6.07, 6.45) is 0.645. The van der Waals surface area contributed by atoms with Gasteiger partial charge in [0, 0.05) is 5.56 Å². The van der Waals surface area contributed by atoms with E-state index in [0.29, 0.717) is 12.0 Å². The van der Waals surface area contributed by atoms with Crippen molar-refractivity contribution in [2.45, 2.75) is 13.3 Å². The number of aryl methyl sites for hydroxylation is 1. The minimum atomic E-state index is -1.30. The molecule has 2 aromatic rings. The van der Waals surface area contributed by atoms with Gasteiger partial charge in [-0.25, -0.2) is 9.18 Å². The van der Waals surface area contributed by atoms with E-state index in [1.807, 2.05) is 6.92 Å². The van der Waals surface area contributed by atoms with Crippen LogP contribution in [-0.2, 0) is 6.42 Å². The van der Waals surface area contributed by atoms with Crippen LogP contribution in [0.3, 0.4) is 0 Å². The highest BCUT2D eigenvalue weighted by Crippen LogP contribution is 2.21. The predicted molar refractivity (Wildman–Crippen MR) is 77.1 cm³/mol. The van der Waals surface area contributed by atoms with Gasteiger partial charge in [-0.3, -0.25) is 4.79 Å². The van der Waals surface area contributed by atoms with Gasteiger partial charge in [0.25, 0.3) is 5.91 Å². The van der Waals surface area contributed by atoms with E-state index >= 15 is 0 Å². The molecular weight excluding hydrogens is 273 g/mol. The second-order valence-electron chi connectivity index (χ2n) is 4.43. The van der Waals surface area contributed by atoms with Gasteiger partial charge in [-0.05, 0) is 30.2 Å². The smallest absolute Gasteiger partial charge is 0.337 e. The number of hydrogen-bond acceptors (Lipinski definition) is 2. The SMILES string of the molecule is CCc1ccccc1C(=O)Nc1c(F)cccc1C(=O)O. The first-order chi connectivity index (χ1) is 10.0. The van der Waals surface area contributed by atoms with Crippen LogP contribution in [0.5, 0.6) is 0 Å². The van der Waals surface area contributed by atoms with E-state index in [1.54, 1.807) is 24.3 Å². The van der Waals surface area contributed by atoms with Crippen LogP contribution in [0.2, 0.25) is 0 Å². The molecule has 0 heterocycles. The largest absolute Gasteiger partial charge is 0.478 e. The standard InChI is InChI=1S/C16H14FNO3/c1-2-10-6-3-4-7-11(10)15(19)18-14-12(16(20)21)8-5-9-13(14)17/h3-9H,2H2,1H3,(H,18,19)(H,20,21). The summed E-state index contributed by atoms with van der Waals surface area (Å²) in [6.45, 7) is 1.90. The van der Waals surface area contributed by atoms with Crippen molar-refractivity contribution in [2.24, 2.45) is 0 Å². The van der Waals surface area contributed by atoms with Crippen LogP contribution in [0.25, 0.3) is 0 Å². The van der Waals surface area contributed by atoms with Crippen molar-refractivity contribution in [3.8, 4) is 0 Å². The average molecular weight is 287 g/mol. The Morgan fingerprint density at radius 2 is 1.76 bits per heavy atom. The quantitative estimate of drug-likeness (QED) is 0.906. The summed E-state index contributed by atoms with van der Waals surface area (Å²) in [5.74, 6) is -2.61. The number of rotatable bonds is 4. The lowest BCUT2D eigenvalue weighted by Gasteiger charge is -2.11. The topological polar surface area (TPSA) is 66.4 Å². The van der Waals surface area contributed by atoms with Gasteiger partial charge in [0.05, 0.1) is 11.3 Å². The van der Waals surface area contributed by atoms with E-state index < -0.39 is 17.7 Å². The second-order valence-corrected chi connectivity index (χ2v) is 4.43. The first kappa shape index (κ1) is 14.7. The van der Waals surface area contributed by atoms with E-state index in [9.17, 15) is 14.0 Å². The van der Waals surface area contributed by atoms with Gasteiger partial charge in [-0.15, -0.1) is 0 Å². The van der Waals surface area contributed by atoms with Crippen molar-refractivity contribution in [2.75, 3.05) is 5.32 Å². The molecule has 1 amide bonds.